The second kappa shape index (κ2) is 13.1. The van der Waals surface area contributed by atoms with E-state index in [1.807, 2.05) is 43.3 Å². The lowest BCUT2D eigenvalue weighted by Crippen LogP contribution is -2.33. The van der Waals surface area contributed by atoms with E-state index in [0.29, 0.717) is 16.3 Å². The Labute approximate surface area is 255 Å². The van der Waals surface area contributed by atoms with Crippen molar-refractivity contribution >= 4 is 74.3 Å². The number of para-hydroxylation sites is 2. The zero-order valence-electron chi connectivity index (χ0n) is 22.6. The van der Waals surface area contributed by atoms with E-state index in [-0.39, 0.29) is 21.9 Å². The Morgan fingerprint density at radius 2 is 1.51 bits per heavy atom. The van der Waals surface area contributed by atoms with E-state index in [1.165, 1.54) is 29.7 Å². The highest BCUT2D eigenvalue weighted by atomic mass is 35.5. The van der Waals surface area contributed by atoms with E-state index in [0.717, 1.165) is 15.6 Å². The molecule has 0 fully saturated rings. The van der Waals surface area contributed by atoms with Gasteiger partial charge in [0.25, 0.3) is 5.91 Å². The summed E-state index contributed by atoms with van der Waals surface area (Å²) in [5.74, 6) is -3.03. The molecule has 0 aliphatic rings. The van der Waals surface area contributed by atoms with Crippen molar-refractivity contribution in [2.24, 2.45) is 5.10 Å². The molecule has 4 aromatic carbocycles. The molecular formula is C32H23ClN4O5S. The van der Waals surface area contributed by atoms with Crippen molar-refractivity contribution in [3.05, 3.63) is 124 Å². The molecule has 0 unspecified atom stereocenters. The van der Waals surface area contributed by atoms with Crippen LogP contribution in [0.15, 0.2) is 102 Å². The Morgan fingerprint density at radius 3 is 2.30 bits per heavy atom. The lowest BCUT2D eigenvalue weighted by Gasteiger charge is -2.11. The Balaban J connectivity index is 1.22. The highest BCUT2D eigenvalue weighted by Gasteiger charge is 2.20. The predicted molar refractivity (Wildman–Crippen MR) is 168 cm³/mol. The summed E-state index contributed by atoms with van der Waals surface area (Å²) in [6.07, 6.45) is 1.24. The fraction of sp³-hybridized carbons (Fsp3) is 0.0312. The number of anilines is 2. The standard InChI is InChI=1S/C32H23ClN4O5S/c1-19-14-16-21(17-15-19)35-29(38)22-9-3-5-11-24(22)36-30(39)31(40)37-34-18-20-8-2-6-12-25(20)42-32(41)28-27(33)23-10-4-7-13-26(23)43-28/h2-18H,1H3,(H,35,38)(H,36,39)(H,37,40)/b34-18+. The molecule has 5 rings (SSSR count). The first-order valence-electron chi connectivity index (χ1n) is 12.9. The molecule has 214 valence electrons. The van der Waals surface area contributed by atoms with Gasteiger partial charge in [0, 0.05) is 21.3 Å². The Kier molecular flexibility index (Phi) is 8.90. The van der Waals surface area contributed by atoms with Gasteiger partial charge in [-0.2, -0.15) is 5.10 Å². The third kappa shape index (κ3) is 6.95. The van der Waals surface area contributed by atoms with Crippen molar-refractivity contribution in [2.75, 3.05) is 10.6 Å². The number of hydrogen-bond acceptors (Lipinski definition) is 7. The normalized spacial score (nSPS) is 10.8. The number of nitrogens with one attached hydrogen (secondary N) is 3. The van der Waals surface area contributed by atoms with Gasteiger partial charge in [0.2, 0.25) is 0 Å². The van der Waals surface area contributed by atoms with Crippen LogP contribution in [0.3, 0.4) is 0 Å². The summed E-state index contributed by atoms with van der Waals surface area (Å²) >= 11 is 7.63. The molecule has 11 heteroatoms. The number of ether oxygens (including phenoxy) is 1. The van der Waals surface area contributed by atoms with Crippen LogP contribution in [0, 0.1) is 6.92 Å². The molecule has 9 nitrogen and oxygen atoms in total. The quantitative estimate of drug-likeness (QED) is 0.0644. The topological polar surface area (TPSA) is 126 Å². The molecule has 1 aromatic heterocycles. The number of carbonyl (C=O) groups excluding carboxylic acids is 4. The summed E-state index contributed by atoms with van der Waals surface area (Å²) < 4.78 is 6.43. The SMILES string of the molecule is Cc1ccc(NC(=O)c2ccccc2NC(=O)C(=O)N/N=C/c2ccccc2OC(=O)c2sc3ccccc3c2Cl)cc1. The Morgan fingerprint density at radius 1 is 0.814 bits per heavy atom. The van der Waals surface area contributed by atoms with Crippen LogP contribution in [0.5, 0.6) is 5.75 Å². The maximum absolute atomic E-state index is 12.9. The molecule has 0 saturated heterocycles. The number of aryl methyl sites for hydroxylation is 1. The summed E-state index contributed by atoms with van der Waals surface area (Å²) in [6, 6.07) is 27.5. The van der Waals surface area contributed by atoms with E-state index in [9.17, 15) is 19.2 Å². The lowest BCUT2D eigenvalue weighted by molar-refractivity contribution is -0.136. The first-order chi connectivity index (χ1) is 20.8. The molecule has 0 aliphatic carbocycles. The van der Waals surface area contributed by atoms with Crippen molar-refractivity contribution in [3.8, 4) is 5.75 Å². The van der Waals surface area contributed by atoms with Gasteiger partial charge in [-0.3, -0.25) is 14.4 Å². The lowest BCUT2D eigenvalue weighted by atomic mass is 10.1. The van der Waals surface area contributed by atoms with Gasteiger partial charge in [0.1, 0.15) is 10.6 Å². The maximum atomic E-state index is 12.9. The zero-order chi connectivity index (χ0) is 30.3. The second-order valence-corrected chi connectivity index (χ2v) is 10.6. The molecule has 0 saturated carbocycles. The number of benzene rings is 4. The number of carbonyl (C=O) groups is 4. The minimum atomic E-state index is -1.07. The van der Waals surface area contributed by atoms with E-state index in [4.69, 9.17) is 16.3 Å². The minimum Gasteiger partial charge on any atom is -0.422 e. The van der Waals surface area contributed by atoms with Crippen LogP contribution in [0.2, 0.25) is 5.02 Å². The average Bonchev–Trinajstić information content (AvgIpc) is 3.35. The van der Waals surface area contributed by atoms with Gasteiger partial charge in [-0.15, -0.1) is 11.3 Å². The number of esters is 1. The summed E-state index contributed by atoms with van der Waals surface area (Å²) in [5, 5.41) is 10.1. The summed E-state index contributed by atoms with van der Waals surface area (Å²) in [5.41, 5.74) is 4.45. The molecule has 5 aromatic rings. The Bertz CT molecular complexity index is 1880. The molecule has 43 heavy (non-hydrogen) atoms. The first-order valence-corrected chi connectivity index (χ1v) is 14.1. The van der Waals surface area contributed by atoms with Gasteiger partial charge >= 0.3 is 17.8 Å². The van der Waals surface area contributed by atoms with Crippen LogP contribution in [-0.4, -0.2) is 29.9 Å². The molecule has 0 spiro atoms. The molecule has 1 heterocycles. The largest absolute Gasteiger partial charge is 0.422 e. The number of fused-ring (bicyclic) bond motifs is 1. The van der Waals surface area contributed by atoms with E-state index < -0.39 is 23.7 Å². The van der Waals surface area contributed by atoms with Crippen LogP contribution in [-0.2, 0) is 9.59 Å². The third-order valence-corrected chi connectivity index (χ3v) is 7.80. The number of hydrogen-bond donors (Lipinski definition) is 3. The molecule has 0 bridgehead atoms. The van der Waals surface area contributed by atoms with Crippen molar-refractivity contribution in [3.63, 3.8) is 0 Å². The number of hydrazone groups is 1. The molecule has 3 N–H and O–H groups in total. The maximum Gasteiger partial charge on any atom is 0.355 e. The zero-order valence-corrected chi connectivity index (χ0v) is 24.2. The highest BCUT2D eigenvalue weighted by Crippen LogP contribution is 2.36. The van der Waals surface area contributed by atoms with Crippen molar-refractivity contribution in [2.45, 2.75) is 6.92 Å². The summed E-state index contributed by atoms with van der Waals surface area (Å²) in [4.78, 5) is 51.1. The number of amides is 3. The number of thiophene rings is 1. The summed E-state index contributed by atoms with van der Waals surface area (Å²) in [7, 11) is 0. The highest BCUT2D eigenvalue weighted by molar-refractivity contribution is 7.21. The molecule has 0 radical (unpaired) electrons. The van der Waals surface area contributed by atoms with Crippen LogP contribution in [0.1, 0.15) is 31.2 Å². The van der Waals surface area contributed by atoms with Crippen LogP contribution in [0.25, 0.3) is 10.1 Å². The second-order valence-electron chi connectivity index (χ2n) is 9.19. The monoisotopic (exact) mass is 610 g/mol. The predicted octanol–water partition coefficient (Wildman–Crippen LogP) is 6.42. The minimum absolute atomic E-state index is 0.147. The van der Waals surface area contributed by atoms with Gasteiger partial charge in [-0.25, -0.2) is 10.2 Å². The third-order valence-electron chi connectivity index (χ3n) is 6.15. The van der Waals surface area contributed by atoms with Crippen molar-refractivity contribution < 1.29 is 23.9 Å². The van der Waals surface area contributed by atoms with Gasteiger partial charge in [0.15, 0.2) is 0 Å². The number of rotatable bonds is 7. The molecule has 3 amide bonds. The smallest absolute Gasteiger partial charge is 0.355 e. The average molecular weight is 611 g/mol. The molecule has 0 aliphatic heterocycles. The van der Waals surface area contributed by atoms with Crippen LogP contribution in [0.4, 0.5) is 11.4 Å². The van der Waals surface area contributed by atoms with E-state index in [1.54, 1.807) is 48.5 Å². The van der Waals surface area contributed by atoms with Gasteiger partial charge in [-0.05, 0) is 49.4 Å². The fourth-order valence-electron chi connectivity index (χ4n) is 3.99. The van der Waals surface area contributed by atoms with Gasteiger partial charge in [0.05, 0.1) is 22.5 Å². The van der Waals surface area contributed by atoms with Gasteiger partial charge in [-0.1, -0.05) is 71.8 Å². The summed E-state index contributed by atoms with van der Waals surface area (Å²) in [6.45, 7) is 1.93. The fourth-order valence-corrected chi connectivity index (χ4v) is 5.37. The number of halogens is 1. The van der Waals surface area contributed by atoms with E-state index >= 15 is 0 Å². The Hall–Kier alpha value is -5.32. The van der Waals surface area contributed by atoms with Crippen molar-refractivity contribution in [1.29, 1.82) is 0 Å². The van der Waals surface area contributed by atoms with Crippen LogP contribution < -0.4 is 20.8 Å². The first kappa shape index (κ1) is 29.2. The van der Waals surface area contributed by atoms with Gasteiger partial charge < -0.3 is 15.4 Å². The van der Waals surface area contributed by atoms with Crippen LogP contribution >= 0.6 is 22.9 Å². The van der Waals surface area contributed by atoms with E-state index in [2.05, 4.69) is 21.2 Å². The molecule has 0 atom stereocenters. The number of nitrogens with zero attached hydrogens (tertiary/aromatic N) is 1. The molecular weight excluding hydrogens is 588 g/mol. The van der Waals surface area contributed by atoms with Crippen molar-refractivity contribution in [1.82, 2.24) is 5.43 Å².